The van der Waals surface area contributed by atoms with E-state index in [9.17, 15) is 0 Å². The molecule has 1 heterocycles. The van der Waals surface area contributed by atoms with Crippen molar-refractivity contribution in [2.45, 2.75) is 58.5 Å². The number of hydrogen-bond donors (Lipinski definition) is 1. The molecule has 0 aliphatic heterocycles. The van der Waals surface area contributed by atoms with Crippen LogP contribution in [0.2, 0.25) is 0 Å². The van der Waals surface area contributed by atoms with Crippen LogP contribution in [0.25, 0.3) is 0 Å². The molecule has 1 aromatic rings. The van der Waals surface area contributed by atoms with Crippen molar-refractivity contribution in [1.82, 2.24) is 4.90 Å². The van der Waals surface area contributed by atoms with E-state index >= 15 is 0 Å². The predicted molar refractivity (Wildman–Crippen MR) is 79.2 cm³/mol. The van der Waals surface area contributed by atoms with Gasteiger partial charge in [0, 0.05) is 18.5 Å². The summed E-state index contributed by atoms with van der Waals surface area (Å²) in [6.45, 7) is 10.6. The molecule has 1 fully saturated rings. The third kappa shape index (κ3) is 3.21. The number of furan rings is 1. The van der Waals surface area contributed by atoms with E-state index in [1.807, 2.05) is 0 Å². The highest BCUT2D eigenvalue weighted by Crippen LogP contribution is 2.47. The van der Waals surface area contributed by atoms with Gasteiger partial charge in [0.2, 0.25) is 0 Å². The molecule has 1 aliphatic rings. The van der Waals surface area contributed by atoms with Gasteiger partial charge >= 0.3 is 0 Å². The number of hydrogen-bond acceptors (Lipinski definition) is 3. The fourth-order valence-corrected chi connectivity index (χ4v) is 2.91. The van der Waals surface area contributed by atoms with Crippen molar-refractivity contribution in [3.8, 4) is 0 Å². The van der Waals surface area contributed by atoms with Crippen molar-refractivity contribution in [2.75, 3.05) is 13.1 Å². The Morgan fingerprint density at radius 2 is 2.11 bits per heavy atom. The normalized spacial score (nSPS) is 24.2. The highest BCUT2D eigenvalue weighted by molar-refractivity contribution is 5.19. The largest absolute Gasteiger partial charge is 0.464 e. The lowest BCUT2D eigenvalue weighted by molar-refractivity contribution is 0.138. The third-order valence-corrected chi connectivity index (χ3v) is 4.22. The van der Waals surface area contributed by atoms with E-state index in [1.165, 1.54) is 6.42 Å². The van der Waals surface area contributed by atoms with Crippen LogP contribution in [-0.4, -0.2) is 24.0 Å². The average Bonchev–Trinajstić information content (AvgIpc) is 2.91. The number of rotatable bonds is 7. The van der Waals surface area contributed by atoms with E-state index in [-0.39, 0.29) is 6.04 Å². The topological polar surface area (TPSA) is 42.4 Å². The first-order valence-corrected chi connectivity index (χ1v) is 7.63. The van der Waals surface area contributed by atoms with E-state index in [4.69, 9.17) is 10.2 Å². The lowest BCUT2D eigenvalue weighted by Gasteiger charge is -2.32. The summed E-state index contributed by atoms with van der Waals surface area (Å²) in [4.78, 5) is 2.44. The second kappa shape index (κ2) is 6.10. The maximum atomic E-state index is 6.09. The van der Waals surface area contributed by atoms with Gasteiger partial charge in [0.05, 0.1) is 6.04 Å². The Morgan fingerprint density at radius 1 is 1.42 bits per heavy atom. The quantitative estimate of drug-likeness (QED) is 0.819. The van der Waals surface area contributed by atoms with Crippen molar-refractivity contribution in [3.63, 3.8) is 0 Å². The molecule has 3 nitrogen and oxygen atoms in total. The monoisotopic (exact) mass is 264 g/mol. The van der Waals surface area contributed by atoms with E-state index in [2.05, 4.69) is 44.7 Å². The summed E-state index contributed by atoms with van der Waals surface area (Å²) in [5.41, 5.74) is 6.00. The Kier molecular flexibility index (Phi) is 4.69. The maximum Gasteiger partial charge on any atom is 0.122 e. The molecule has 1 saturated carbocycles. The van der Waals surface area contributed by atoms with Gasteiger partial charge in [-0.2, -0.15) is 0 Å². The predicted octanol–water partition coefficient (Wildman–Crippen LogP) is 3.52. The Balaban J connectivity index is 2.13. The number of nitrogens with zero attached hydrogens (tertiary/aromatic N) is 1. The van der Waals surface area contributed by atoms with Gasteiger partial charge in [0.15, 0.2) is 0 Å². The molecular weight excluding hydrogens is 236 g/mol. The minimum atomic E-state index is 0.211. The molecule has 19 heavy (non-hydrogen) atoms. The maximum absolute atomic E-state index is 6.09. The first-order valence-electron chi connectivity index (χ1n) is 7.63. The van der Waals surface area contributed by atoms with Gasteiger partial charge in [-0.3, -0.25) is 4.90 Å². The van der Waals surface area contributed by atoms with Crippen LogP contribution < -0.4 is 5.73 Å². The van der Waals surface area contributed by atoms with Gasteiger partial charge in [-0.05, 0) is 51.3 Å². The van der Waals surface area contributed by atoms with Gasteiger partial charge < -0.3 is 10.2 Å². The summed E-state index contributed by atoms with van der Waals surface area (Å²) in [7, 11) is 0. The molecule has 3 atom stereocenters. The summed E-state index contributed by atoms with van der Waals surface area (Å²) in [5, 5.41) is 0. The fourth-order valence-electron chi connectivity index (χ4n) is 2.91. The molecule has 0 radical (unpaired) electrons. The van der Waals surface area contributed by atoms with E-state index < -0.39 is 0 Å². The van der Waals surface area contributed by atoms with Crippen molar-refractivity contribution in [1.29, 1.82) is 0 Å². The zero-order valence-electron chi connectivity index (χ0n) is 12.7. The Bertz CT molecular complexity index is 399. The van der Waals surface area contributed by atoms with Crippen molar-refractivity contribution < 1.29 is 4.42 Å². The van der Waals surface area contributed by atoms with Crippen LogP contribution in [0.1, 0.15) is 64.0 Å². The molecule has 0 aromatic carbocycles. The van der Waals surface area contributed by atoms with Crippen LogP contribution in [0.3, 0.4) is 0 Å². The Labute approximate surface area is 117 Å². The summed E-state index contributed by atoms with van der Waals surface area (Å²) >= 11 is 0. The van der Waals surface area contributed by atoms with E-state index in [0.717, 1.165) is 30.4 Å². The molecule has 0 bridgehead atoms. The SMILES string of the molecule is CCCN(C(C)C)C(CN)c1ccc(C2CC2C)o1. The summed E-state index contributed by atoms with van der Waals surface area (Å²) in [6, 6.07) is 4.98. The van der Waals surface area contributed by atoms with Gasteiger partial charge in [0.1, 0.15) is 11.5 Å². The molecule has 1 aliphatic carbocycles. The second-order valence-corrected chi connectivity index (χ2v) is 6.14. The van der Waals surface area contributed by atoms with Crippen molar-refractivity contribution in [2.24, 2.45) is 11.7 Å². The second-order valence-electron chi connectivity index (χ2n) is 6.14. The van der Waals surface area contributed by atoms with Crippen LogP contribution in [0.4, 0.5) is 0 Å². The number of nitrogens with two attached hydrogens (primary N) is 1. The summed E-state index contributed by atoms with van der Waals surface area (Å²) < 4.78 is 6.09. The molecule has 0 amide bonds. The molecule has 108 valence electrons. The lowest BCUT2D eigenvalue weighted by Crippen LogP contribution is -2.39. The molecule has 3 unspecified atom stereocenters. The minimum Gasteiger partial charge on any atom is -0.464 e. The highest BCUT2D eigenvalue weighted by atomic mass is 16.3. The fraction of sp³-hybridized carbons (Fsp3) is 0.750. The molecule has 2 rings (SSSR count). The van der Waals surface area contributed by atoms with E-state index in [1.54, 1.807) is 0 Å². The van der Waals surface area contributed by atoms with E-state index in [0.29, 0.717) is 18.5 Å². The molecule has 3 heteroatoms. The van der Waals surface area contributed by atoms with Crippen LogP contribution in [0.15, 0.2) is 16.5 Å². The highest BCUT2D eigenvalue weighted by Gasteiger charge is 2.37. The first kappa shape index (κ1) is 14.6. The minimum absolute atomic E-state index is 0.211. The van der Waals surface area contributed by atoms with Gasteiger partial charge in [-0.1, -0.05) is 13.8 Å². The van der Waals surface area contributed by atoms with Crippen LogP contribution in [-0.2, 0) is 0 Å². The Hall–Kier alpha value is -0.800. The lowest BCUT2D eigenvalue weighted by atomic mass is 10.1. The standard InChI is InChI=1S/C16H28N2O/c1-5-8-18(11(2)3)14(10-17)16-7-6-15(19-16)13-9-12(13)4/h6-7,11-14H,5,8-10,17H2,1-4H3. The van der Waals surface area contributed by atoms with Crippen LogP contribution in [0.5, 0.6) is 0 Å². The molecule has 0 spiro atoms. The van der Waals surface area contributed by atoms with Crippen LogP contribution in [0, 0.1) is 5.92 Å². The summed E-state index contributed by atoms with van der Waals surface area (Å²) in [6.07, 6.45) is 2.41. The van der Waals surface area contributed by atoms with Crippen molar-refractivity contribution in [3.05, 3.63) is 23.7 Å². The van der Waals surface area contributed by atoms with Gasteiger partial charge in [0.25, 0.3) is 0 Å². The smallest absolute Gasteiger partial charge is 0.122 e. The summed E-state index contributed by atoms with van der Waals surface area (Å²) in [5.74, 6) is 3.62. The Morgan fingerprint density at radius 3 is 2.58 bits per heavy atom. The third-order valence-electron chi connectivity index (χ3n) is 4.22. The molecule has 1 aromatic heterocycles. The van der Waals surface area contributed by atoms with Gasteiger partial charge in [-0.15, -0.1) is 0 Å². The average molecular weight is 264 g/mol. The van der Waals surface area contributed by atoms with Crippen molar-refractivity contribution >= 4 is 0 Å². The molecule has 2 N–H and O–H groups in total. The van der Waals surface area contributed by atoms with Gasteiger partial charge in [-0.25, -0.2) is 0 Å². The first-order chi connectivity index (χ1) is 9.08. The van der Waals surface area contributed by atoms with Crippen LogP contribution >= 0.6 is 0 Å². The molecular formula is C16H28N2O. The zero-order chi connectivity index (χ0) is 14.0. The zero-order valence-corrected chi connectivity index (χ0v) is 12.7. The molecule has 0 saturated heterocycles.